The van der Waals surface area contributed by atoms with E-state index >= 15 is 0 Å². The minimum absolute atomic E-state index is 0.0521. The van der Waals surface area contributed by atoms with Crippen LogP contribution >= 0.6 is 0 Å². The Balaban J connectivity index is 2.59. The number of hydrogen-bond donors (Lipinski definition) is 3. The summed E-state index contributed by atoms with van der Waals surface area (Å²) in [4.78, 5) is 10.6. The van der Waals surface area contributed by atoms with Crippen molar-refractivity contribution in [1.29, 1.82) is 0 Å². The van der Waals surface area contributed by atoms with Crippen molar-refractivity contribution in [2.45, 2.75) is 31.9 Å². The summed E-state index contributed by atoms with van der Waals surface area (Å²) in [5.41, 5.74) is 0. The van der Waals surface area contributed by atoms with Gasteiger partial charge in [-0.25, -0.2) is 8.42 Å². The Bertz CT molecular complexity index is 333. The monoisotopic (exact) mass is 237 g/mol. The van der Waals surface area contributed by atoms with Crippen LogP contribution in [0.3, 0.4) is 0 Å². The van der Waals surface area contributed by atoms with Crippen molar-refractivity contribution < 1.29 is 23.4 Å². The molecule has 7 heteroatoms. The van der Waals surface area contributed by atoms with Gasteiger partial charge in [0.25, 0.3) is 0 Å². The third-order valence-corrected chi connectivity index (χ3v) is 3.73. The van der Waals surface area contributed by atoms with Crippen LogP contribution < -0.4 is 4.72 Å². The number of aliphatic hydroxyl groups excluding tert-OH is 1. The second kappa shape index (κ2) is 4.46. The van der Waals surface area contributed by atoms with Crippen LogP contribution in [-0.4, -0.2) is 42.5 Å². The van der Waals surface area contributed by atoms with Crippen molar-refractivity contribution >= 4 is 16.0 Å². The van der Waals surface area contributed by atoms with Crippen molar-refractivity contribution in [1.82, 2.24) is 4.72 Å². The molecule has 0 aromatic heterocycles. The molecule has 88 valence electrons. The maximum Gasteiger partial charge on any atom is 0.324 e. The van der Waals surface area contributed by atoms with E-state index < -0.39 is 28.1 Å². The van der Waals surface area contributed by atoms with E-state index in [1.54, 1.807) is 0 Å². The lowest BCUT2D eigenvalue weighted by molar-refractivity contribution is -0.141. The predicted octanol–water partition coefficient (Wildman–Crippen LogP) is -0.850. The van der Waals surface area contributed by atoms with Crippen molar-refractivity contribution in [2.75, 3.05) is 5.75 Å². The molecule has 0 heterocycles. The zero-order chi connectivity index (χ0) is 11.6. The molecule has 2 atom stereocenters. The highest BCUT2D eigenvalue weighted by Gasteiger charge is 2.32. The Morgan fingerprint density at radius 3 is 2.40 bits per heavy atom. The van der Waals surface area contributed by atoms with Gasteiger partial charge in [-0.1, -0.05) is 0 Å². The number of aliphatic hydroxyl groups is 1. The van der Waals surface area contributed by atoms with Crippen LogP contribution in [0.4, 0.5) is 0 Å². The maximum atomic E-state index is 11.4. The van der Waals surface area contributed by atoms with E-state index in [0.29, 0.717) is 0 Å². The highest BCUT2D eigenvalue weighted by Crippen LogP contribution is 2.30. The van der Waals surface area contributed by atoms with Crippen LogP contribution in [-0.2, 0) is 14.8 Å². The van der Waals surface area contributed by atoms with Gasteiger partial charge < -0.3 is 10.2 Å². The van der Waals surface area contributed by atoms with E-state index in [4.69, 9.17) is 10.2 Å². The highest BCUT2D eigenvalue weighted by atomic mass is 32.2. The molecule has 0 amide bonds. The first kappa shape index (κ1) is 12.4. The van der Waals surface area contributed by atoms with Crippen molar-refractivity contribution in [3.8, 4) is 0 Å². The van der Waals surface area contributed by atoms with E-state index in [2.05, 4.69) is 0 Å². The fourth-order valence-corrected chi connectivity index (χ4v) is 2.93. The summed E-state index contributed by atoms with van der Waals surface area (Å²) in [5, 5.41) is 17.8. The van der Waals surface area contributed by atoms with Crippen molar-refractivity contribution in [2.24, 2.45) is 5.92 Å². The van der Waals surface area contributed by atoms with Gasteiger partial charge in [-0.15, -0.1) is 0 Å². The first-order valence-corrected chi connectivity index (χ1v) is 6.38. The third kappa shape index (κ3) is 4.15. The maximum absolute atomic E-state index is 11.4. The smallest absolute Gasteiger partial charge is 0.324 e. The van der Waals surface area contributed by atoms with Crippen LogP contribution in [0.5, 0.6) is 0 Å². The van der Waals surface area contributed by atoms with Crippen molar-refractivity contribution in [3.63, 3.8) is 0 Å². The average molecular weight is 237 g/mol. The molecule has 15 heavy (non-hydrogen) atoms. The Morgan fingerprint density at radius 2 is 2.07 bits per heavy atom. The Hall–Kier alpha value is -0.660. The van der Waals surface area contributed by atoms with Gasteiger partial charge in [-0.3, -0.25) is 4.79 Å². The molecule has 1 aliphatic carbocycles. The molecule has 0 radical (unpaired) electrons. The second-order valence-corrected chi connectivity index (χ2v) is 5.70. The molecule has 0 aromatic carbocycles. The lowest BCUT2D eigenvalue weighted by Gasteiger charge is -2.16. The van der Waals surface area contributed by atoms with Gasteiger partial charge >= 0.3 is 5.97 Å². The molecule has 0 aliphatic heterocycles. The number of carboxylic acid groups (broad SMARTS) is 1. The van der Waals surface area contributed by atoms with E-state index in [0.717, 1.165) is 12.8 Å². The van der Waals surface area contributed by atoms with E-state index in [1.807, 2.05) is 4.72 Å². The number of rotatable bonds is 6. The van der Waals surface area contributed by atoms with Gasteiger partial charge in [-0.05, 0) is 25.7 Å². The van der Waals surface area contributed by atoms with Crippen LogP contribution in [0.25, 0.3) is 0 Å². The molecule has 3 N–H and O–H groups in total. The predicted molar refractivity (Wildman–Crippen MR) is 52.8 cm³/mol. The minimum Gasteiger partial charge on any atom is -0.480 e. The number of nitrogens with one attached hydrogen (secondary N) is 1. The summed E-state index contributed by atoms with van der Waals surface area (Å²) in [7, 11) is -3.60. The molecule has 0 bridgehead atoms. The average Bonchev–Trinajstić information content (AvgIpc) is 2.82. The van der Waals surface area contributed by atoms with Gasteiger partial charge in [0.05, 0.1) is 11.9 Å². The Morgan fingerprint density at radius 1 is 1.53 bits per heavy atom. The number of hydrogen-bond acceptors (Lipinski definition) is 4. The molecule has 0 aromatic rings. The molecule has 6 nitrogen and oxygen atoms in total. The summed E-state index contributed by atoms with van der Waals surface area (Å²) < 4.78 is 24.8. The summed E-state index contributed by atoms with van der Waals surface area (Å²) in [6.45, 7) is 1.23. The first-order valence-electron chi connectivity index (χ1n) is 4.72. The molecular weight excluding hydrogens is 222 g/mol. The molecule has 1 fully saturated rings. The molecule has 1 saturated carbocycles. The minimum atomic E-state index is -3.60. The number of aliphatic carboxylic acids is 1. The second-order valence-electron chi connectivity index (χ2n) is 3.90. The SMILES string of the molecule is C[C@@H](O)[C@H](NS(=O)(=O)CC1CC1)C(=O)O. The van der Waals surface area contributed by atoms with Crippen LogP contribution in [0.15, 0.2) is 0 Å². The third-order valence-electron chi connectivity index (χ3n) is 2.21. The standard InChI is InChI=1S/C8H15NO5S/c1-5(10)7(8(11)12)9-15(13,14)4-6-2-3-6/h5-7,9-10H,2-4H2,1H3,(H,11,12)/t5-,7+/m1/s1. The van der Waals surface area contributed by atoms with Gasteiger partial charge in [0.1, 0.15) is 6.04 Å². The molecule has 0 saturated heterocycles. The lowest BCUT2D eigenvalue weighted by atomic mass is 10.2. The first-order chi connectivity index (χ1) is 6.82. The van der Waals surface area contributed by atoms with Gasteiger partial charge in [0, 0.05) is 0 Å². The number of sulfonamides is 1. The summed E-state index contributed by atoms with van der Waals surface area (Å²) in [6.07, 6.45) is 0.483. The fraction of sp³-hybridized carbons (Fsp3) is 0.875. The van der Waals surface area contributed by atoms with Gasteiger partial charge in [0.15, 0.2) is 0 Å². The molecular formula is C8H15NO5S. The molecule has 1 rings (SSSR count). The molecule has 1 aliphatic rings. The van der Waals surface area contributed by atoms with E-state index in [-0.39, 0.29) is 11.7 Å². The van der Waals surface area contributed by atoms with Gasteiger partial charge in [0.2, 0.25) is 10.0 Å². The van der Waals surface area contributed by atoms with E-state index in [9.17, 15) is 13.2 Å². The van der Waals surface area contributed by atoms with Crippen LogP contribution in [0.1, 0.15) is 19.8 Å². The van der Waals surface area contributed by atoms with Gasteiger partial charge in [-0.2, -0.15) is 4.72 Å². The lowest BCUT2D eigenvalue weighted by Crippen LogP contribution is -2.48. The zero-order valence-electron chi connectivity index (χ0n) is 8.38. The largest absolute Gasteiger partial charge is 0.480 e. The van der Waals surface area contributed by atoms with E-state index in [1.165, 1.54) is 6.92 Å². The molecule has 0 spiro atoms. The quantitative estimate of drug-likeness (QED) is 0.558. The summed E-state index contributed by atoms with van der Waals surface area (Å²) in [6, 6.07) is -1.46. The van der Waals surface area contributed by atoms with Crippen molar-refractivity contribution in [3.05, 3.63) is 0 Å². The Labute approximate surface area is 88.3 Å². The summed E-state index contributed by atoms with van der Waals surface area (Å²) >= 11 is 0. The topological polar surface area (TPSA) is 104 Å². The summed E-state index contributed by atoms with van der Waals surface area (Å²) in [5.74, 6) is -1.28. The Kier molecular flexibility index (Phi) is 3.69. The number of carboxylic acids is 1. The fourth-order valence-electron chi connectivity index (χ4n) is 1.19. The zero-order valence-corrected chi connectivity index (χ0v) is 9.20. The normalized spacial score (nSPS) is 20.9. The highest BCUT2D eigenvalue weighted by molar-refractivity contribution is 7.89. The molecule has 0 unspecified atom stereocenters. The van der Waals surface area contributed by atoms with Crippen LogP contribution in [0.2, 0.25) is 0 Å². The van der Waals surface area contributed by atoms with Crippen LogP contribution in [0, 0.1) is 5.92 Å². The number of carbonyl (C=O) groups is 1.